The fraction of sp³-hybridized carbons (Fsp3) is 0.150. The molecule has 5 rings (SSSR count). The van der Waals surface area contributed by atoms with Crippen LogP contribution in [0.2, 0.25) is 0 Å². The van der Waals surface area contributed by atoms with Gasteiger partial charge in [0.1, 0.15) is 11.3 Å². The van der Waals surface area contributed by atoms with Crippen molar-refractivity contribution in [2.24, 2.45) is 0 Å². The van der Waals surface area contributed by atoms with Crippen molar-refractivity contribution in [1.82, 2.24) is 0 Å². The maximum Gasteiger partial charge on any atom is 0.230 e. The fourth-order valence-electron chi connectivity index (χ4n) is 3.47. The second-order valence-electron chi connectivity index (χ2n) is 6.04. The highest BCUT2D eigenvalue weighted by Crippen LogP contribution is 2.35. The number of ether oxygens (including phenoxy) is 2. The lowest BCUT2D eigenvalue weighted by Crippen LogP contribution is -2.15. The summed E-state index contributed by atoms with van der Waals surface area (Å²) in [5.41, 5.74) is 1.28. The van der Waals surface area contributed by atoms with Gasteiger partial charge in [-0.1, -0.05) is 36.4 Å². The second kappa shape index (κ2) is 4.99. The van der Waals surface area contributed by atoms with Gasteiger partial charge in [-0.15, -0.1) is 0 Å². The van der Waals surface area contributed by atoms with Crippen molar-refractivity contribution < 1.29 is 13.9 Å². The van der Waals surface area contributed by atoms with Crippen molar-refractivity contribution in [2.45, 2.75) is 12.3 Å². The van der Waals surface area contributed by atoms with E-state index in [1.165, 1.54) is 0 Å². The van der Waals surface area contributed by atoms with Crippen molar-refractivity contribution in [3.8, 4) is 0 Å². The molecule has 2 aromatic carbocycles. The summed E-state index contributed by atoms with van der Waals surface area (Å²) in [7, 11) is 0. The average molecular weight is 318 g/mol. The maximum absolute atomic E-state index is 13.2. The predicted octanol–water partition coefficient (Wildman–Crippen LogP) is 4.21. The molecule has 0 spiro atoms. The van der Waals surface area contributed by atoms with Crippen molar-refractivity contribution in [2.75, 3.05) is 6.79 Å². The highest BCUT2D eigenvalue weighted by atomic mass is 16.7. The van der Waals surface area contributed by atoms with E-state index in [0.29, 0.717) is 23.0 Å². The van der Waals surface area contributed by atoms with Crippen LogP contribution in [0.25, 0.3) is 21.7 Å². The Bertz CT molecular complexity index is 1090. The minimum Gasteiger partial charge on any atom is -0.464 e. The van der Waals surface area contributed by atoms with Crippen LogP contribution in [0.3, 0.4) is 0 Å². The van der Waals surface area contributed by atoms with Crippen molar-refractivity contribution in [3.63, 3.8) is 0 Å². The van der Waals surface area contributed by atoms with Crippen LogP contribution in [0.5, 0.6) is 0 Å². The summed E-state index contributed by atoms with van der Waals surface area (Å²) in [6, 6.07) is 11.7. The molecule has 0 saturated carbocycles. The summed E-state index contributed by atoms with van der Waals surface area (Å²) in [5.74, 6) is 1.51. The SMILES string of the molecule is O=c1c(C2C=CC3=C(C2)OCO3)coc2ccc3ccccc3c12. The van der Waals surface area contributed by atoms with Crippen LogP contribution >= 0.6 is 0 Å². The van der Waals surface area contributed by atoms with Gasteiger partial charge in [0.15, 0.2) is 11.2 Å². The smallest absolute Gasteiger partial charge is 0.230 e. The third-order valence-corrected chi connectivity index (χ3v) is 4.70. The number of fused-ring (bicyclic) bond motifs is 3. The predicted molar refractivity (Wildman–Crippen MR) is 90.6 cm³/mol. The van der Waals surface area contributed by atoms with E-state index in [1.807, 2.05) is 48.6 Å². The third-order valence-electron chi connectivity index (χ3n) is 4.70. The van der Waals surface area contributed by atoms with Crippen LogP contribution in [-0.2, 0) is 9.47 Å². The van der Waals surface area contributed by atoms with Gasteiger partial charge in [0.2, 0.25) is 6.79 Å². The summed E-state index contributed by atoms with van der Waals surface area (Å²) in [5, 5.41) is 2.60. The first-order valence-corrected chi connectivity index (χ1v) is 7.91. The van der Waals surface area contributed by atoms with Gasteiger partial charge >= 0.3 is 0 Å². The zero-order valence-corrected chi connectivity index (χ0v) is 12.8. The molecule has 2 aliphatic rings. The second-order valence-corrected chi connectivity index (χ2v) is 6.04. The highest BCUT2D eigenvalue weighted by molar-refractivity contribution is 6.05. The van der Waals surface area contributed by atoms with E-state index in [2.05, 4.69) is 0 Å². The summed E-state index contributed by atoms with van der Waals surface area (Å²) in [4.78, 5) is 13.2. The van der Waals surface area contributed by atoms with E-state index < -0.39 is 0 Å². The summed E-state index contributed by atoms with van der Waals surface area (Å²) in [6.07, 6.45) is 6.06. The molecule has 0 bridgehead atoms. The van der Waals surface area contributed by atoms with Crippen molar-refractivity contribution in [3.05, 3.63) is 82.1 Å². The number of rotatable bonds is 1. The molecule has 0 radical (unpaired) electrons. The van der Waals surface area contributed by atoms with E-state index in [-0.39, 0.29) is 18.1 Å². The zero-order valence-electron chi connectivity index (χ0n) is 12.8. The quantitative estimate of drug-likeness (QED) is 0.631. The zero-order chi connectivity index (χ0) is 16.1. The van der Waals surface area contributed by atoms with E-state index >= 15 is 0 Å². The number of hydrogen-bond acceptors (Lipinski definition) is 4. The minimum atomic E-state index is -0.0648. The molecule has 1 aliphatic carbocycles. The molecule has 4 nitrogen and oxygen atoms in total. The first-order chi connectivity index (χ1) is 11.8. The Hall–Kier alpha value is -3.01. The standard InChI is InChI=1S/C20H14O4/c21-20-15(13-6-7-16-18(9-13)24-11-23-16)10-22-17-8-5-12-3-1-2-4-14(12)19(17)20/h1-8,10,13H,9,11H2. The molecule has 118 valence electrons. The third kappa shape index (κ3) is 1.89. The molecule has 0 fully saturated rings. The number of benzene rings is 2. The van der Waals surface area contributed by atoms with Crippen LogP contribution in [0.4, 0.5) is 0 Å². The average Bonchev–Trinajstić information content (AvgIpc) is 3.09. The number of hydrogen-bond donors (Lipinski definition) is 0. The fourth-order valence-corrected chi connectivity index (χ4v) is 3.47. The Balaban J connectivity index is 1.70. The van der Waals surface area contributed by atoms with E-state index in [4.69, 9.17) is 13.9 Å². The van der Waals surface area contributed by atoms with Gasteiger partial charge in [-0.3, -0.25) is 4.79 Å². The van der Waals surface area contributed by atoms with Crippen LogP contribution in [0.15, 0.2) is 75.5 Å². The topological polar surface area (TPSA) is 48.7 Å². The van der Waals surface area contributed by atoms with E-state index in [1.54, 1.807) is 6.26 Å². The Morgan fingerprint density at radius 1 is 1.04 bits per heavy atom. The molecule has 0 amide bonds. The van der Waals surface area contributed by atoms with Gasteiger partial charge < -0.3 is 13.9 Å². The van der Waals surface area contributed by atoms with Crippen LogP contribution in [-0.4, -0.2) is 6.79 Å². The van der Waals surface area contributed by atoms with Crippen LogP contribution in [0, 0.1) is 0 Å². The normalized spacial score (nSPS) is 19.4. The highest BCUT2D eigenvalue weighted by Gasteiger charge is 2.26. The number of allylic oxidation sites excluding steroid dienone is 3. The summed E-state index contributed by atoms with van der Waals surface area (Å²) in [6.45, 7) is 0.249. The molecule has 1 aromatic heterocycles. The van der Waals surface area contributed by atoms with Gasteiger partial charge in [0.25, 0.3) is 0 Å². The van der Waals surface area contributed by atoms with Gasteiger partial charge in [-0.2, -0.15) is 0 Å². The van der Waals surface area contributed by atoms with Gasteiger partial charge in [0, 0.05) is 17.9 Å². The molecule has 24 heavy (non-hydrogen) atoms. The van der Waals surface area contributed by atoms with Gasteiger partial charge in [-0.05, 0) is 22.9 Å². The largest absolute Gasteiger partial charge is 0.464 e. The lowest BCUT2D eigenvalue weighted by atomic mass is 9.91. The molecule has 0 saturated heterocycles. The molecule has 2 heterocycles. The van der Waals surface area contributed by atoms with E-state index in [0.717, 1.165) is 22.3 Å². The van der Waals surface area contributed by atoms with E-state index in [9.17, 15) is 4.79 Å². The Kier molecular flexibility index (Phi) is 2.80. The van der Waals surface area contributed by atoms with Gasteiger partial charge in [-0.25, -0.2) is 0 Å². The Labute approximate surface area is 137 Å². The molecule has 4 heteroatoms. The Morgan fingerprint density at radius 2 is 1.96 bits per heavy atom. The molecular formula is C20H14O4. The maximum atomic E-state index is 13.2. The molecule has 1 unspecified atom stereocenters. The lowest BCUT2D eigenvalue weighted by molar-refractivity contribution is 0.0725. The van der Waals surface area contributed by atoms with Crippen molar-refractivity contribution >= 4 is 21.7 Å². The lowest BCUT2D eigenvalue weighted by Gasteiger charge is -2.16. The molecular weight excluding hydrogens is 304 g/mol. The first-order valence-electron chi connectivity index (χ1n) is 7.91. The van der Waals surface area contributed by atoms with Crippen molar-refractivity contribution in [1.29, 1.82) is 0 Å². The monoisotopic (exact) mass is 318 g/mol. The molecule has 1 aliphatic heterocycles. The molecule has 0 N–H and O–H groups in total. The summed E-state index contributed by atoms with van der Waals surface area (Å²) >= 11 is 0. The molecule has 1 atom stereocenters. The van der Waals surface area contributed by atoms with Gasteiger partial charge in [0.05, 0.1) is 11.6 Å². The first kappa shape index (κ1) is 13.4. The Morgan fingerprint density at radius 3 is 2.92 bits per heavy atom. The summed E-state index contributed by atoms with van der Waals surface area (Å²) < 4.78 is 16.6. The minimum absolute atomic E-state index is 0.0191. The molecule has 3 aromatic rings. The van der Waals surface area contributed by atoms with Crippen LogP contribution in [0.1, 0.15) is 17.9 Å². The van der Waals surface area contributed by atoms with Crippen LogP contribution < -0.4 is 5.43 Å².